The average Bonchev–Trinajstić information content (AvgIpc) is 2.96. The van der Waals surface area contributed by atoms with Crippen molar-refractivity contribution in [2.24, 2.45) is 0 Å². The molecular weight excluding hydrogens is 472 g/mol. The second-order valence-corrected chi connectivity index (χ2v) is 9.76. The summed E-state index contributed by atoms with van der Waals surface area (Å²) in [5, 5.41) is 6.47. The van der Waals surface area contributed by atoms with Crippen molar-refractivity contribution in [2.75, 3.05) is 19.6 Å². The van der Waals surface area contributed by atoms with Crippen LogP contribution in [0.1, 0.15) is 44.5 Å². The number of nitrogens with one attached hydrogen (secondary N) is 2. The number of piperazine rings is 1. The van der Waals surface area contributed by atoms with E-state index >= 15 is 0 Å². The molecule has 2 heterocycles. The summed E-state index contributed by atoms with van der Waals surface area (Å²) in [7, 11) is 0. The van der Waals surface area contributed by atoms with Crippen LogP contribution in [0.4, 0.5) is 0 Å². The van der Waals surface area contributed by atoms with Gasteiger partial charge in [0.05, 0.1) is 11.4 Å². The summed E-state index contributed by atoms with van der Waals surface area (Å²) in [6, 6.07) is 30.7. The number of benzene rings is 3. The van der Waals surface area contributed by atoms with Crippen molar-refractivity contribution >= 4 is 11.7 Å². The van der Waals surface area contributed by atoms with Crippen LogP contribution in [0.15, 0.2) is 97.1 Å². The van der Waals surface area contributed by atoms with Gasteiger partial charge in [-0.2, -0.15) is 0 Å². The van der Waals surface area contributed by atoms with E-state index in [0.717, 1.165) is 48.7 Å². The molecule has 0 bridgehead atoms. The molecule has 6 heteroatoms. The number of carbonyl (C=O) groups is 2. The number of nitrogens with zero attached hydrogens (tertiary/aromatic N) is 2. The van der Waals surface area contributed by atoms with Crippen molar-refractivity contribution in [3.05, 3.63) is 125 Å². The summed E-state index contributed by atoms with van der Waals surface area (Å²) in [5.74, 6) is -0.322. The molecule has 38 heavy (non-hydrogen) atoms. The molecule has 3 aromatic carbocycles. The first-order valence-corrected chi connectivity index (χ1v) is 13.0. The highest BCUT2D eigenvalue weighted by Crippen LogP contribution is 2.20. The number of ketones is 1. The van der Waals surface area contributed by atoms with Crippen molar-refractivity contribution in [3.8, 4) is 11.3 Å². The van der Waals surface area contributed by atoms with Gasteiger partial charge in [0.25, 0.3) is 5.91 Å². The Morgan fingerprint density at radius 1 is 0.895 bits per heavy atom. The van der Waals surface area contributed by atoms with E-state index in [-0.39, 0.29) is 11.7 Å². The minimum absolute atomic E-state index is 0.103. The number of pyridine rings is 1. The Bertz CT molecular complexity index is 1420. The highest BCUT2D eigenvalue weighted by atomic mass is 16.1. The van der Waals surface area contributed by atoms with Gasteiger partial charge in [0.1, 0.15) is 0 Å². The van der Waals surface area contributed by atoms with E-state index in [2.05, 4.69) is 40.7 Å². The molecule has 1 saturated heterocycles. The van der Waals surface area contributed by atoms with Gasteiger partial charge in [-0.25, -0.2) is 0 Å². The standard InChI is InChI=1S/C32H32N4O2/c1-23-21-36(17-16-33-23)22-29-14-7-15-30(35-29)26-11-5-8-24(18-26)20-34-32(38)28-13-6-12-27(19-28)31(37)25-9-3-2-4-10-25/h2-15,18-19,23,33H,16-17,20-22H2,1H3,(H,34,38)/t23-/m0/s1. The lowest BCUT2D eigenvalue weighted by molar-refractivity contribution is 0.0951. The van der Waals surface area contributed by atoms with Gasteiger partial charge < -0.3 is 10.6 Å². The second kappa shape index (κ2) is 11.9. The number of aromatic nitrogens is 1. The molecule has 0 saturated carbocycles. The third kappa shape index (κ3) is 6.40. The van der Waals surface area contributed by atoms with Crippen LogP contribution < -0.4 is 10.6 Å². The molecule has 1 fully saturated rings. The van der Waals surface area contributed by atoms with Crippen molar-refractivity contribution in [1.82, 2.24) is 20.5 Å². The highest BCUT2D eigenvalue weighted by molar-refractivity contribution is 6.10. The summed E-state index contributed by atoms with van der Waals surface area (Å²) in [4.78, 5) is 33.0. The monoisotopic (exact) mass is 504 g/mol. The average molecular weight is 505 g/mol. The Morgan fingerprint density at radius 2 is 1.66 bits per heavy atom. The van der Waals surface area contributed by atoms with E-state index in [0.29, 0.717) is 29.3 Å². The molecule has 0 spiro atoms. The highest BCUT2D eigenvalue weighted by Gasteiger charge is 2.16. The molecule has 5 rings (SSSR count). The molecule has 1 aliphatic rings. The molecule has 1 atom stereocenters. The Hall–Kier alpha value is -4.13. The zero-order valence-corrected chi connectivity index (χ0v) is 21.6. The van der Waals surface area contributed by atoms with Gasteiger partial charge in [-0.05, 0) is 42.8 Å². The maximum Gasteiger partial charge on any atom is 0.251 e. The Balaban J connectivity index is 1.23. The van der Waals surface area contributed by atoms with Gasteiger partial charge in [-0.15, -0.1) is 0 Å². The van der Waals surface area contributed by atoms with Crippen LogP contribution >= 0.6 is 0 Å². The predicted octanol–water partition coefficient (Wildman–Crippen LogP) is 4.70. The van der Waals surface area contributed by atoms with E-state index in [1.54, 1.807) is 36.4 Å². The number of rotatable bonds is 8. The third-order valence-corrected chi connectivity index (χ3v) is 6.74. The summed E-state index contributed by atoms with van der Waals surface area (Å²) >= 11 is 0. The maximum absolute atomic E-state index is 12.9. The normalized spacial score (nSPS) is 15.7. The van der Waals surface area contributed by atoms with E-state index in [1.165, 1.54) is 0 Å². The second-order valence-electron chi connectivity index (χ2n) is 9.76. The van der Waals surface area contributed by atoms with Crippen LogP contribution in [0.25, 0.3) is 11.3 Å². The first kappa shape index (κ1) is 25.5. The molecule has 192 valence electrons. The van der Waals surface area contributed by atoms with Gasteiger partial charge in [0.2, 0.25) is 0 Å². The minimum Gasteiger partial charge on any atom is -0.348 e. The van der Waals surface area contributed by atoms with Crippen molar-refractivity contribution in [3.63, 3.8) is 0 Å². The quantitative estimate of drug-likeness (QED) is 0.340. The molecule has 0 aliphatic carbocycles. The first-order valence-electron chi connectivity index (χ1n) is 13.0. The van der Waals surface area contributed by atoms with Crippen molar-refractivity contribution in [1.29, 1.82) is 0 Å². The Labute approximate surface area is 223 Å². The molecule has 0 unspecified atom stereocenters. The van der Waals surface area contributed by atoms with Crippen molar-refractivity contribution < 1.29 is 9.59 Å². The van der Waals surface area contributed by atoms with Crippen LogP contribution in [0.2, 0.25) is 0 Å². The SMILES string of the molecule is C[C@H]1CN(Cc2cccc(-c3cccc(CNC(=O)c4cccc(C(=O)c5ccccc5)c4)c3)n2)CCN1. The number of amides is 1. The van der Waals surface area contributed by atoms with E-state index in [9.17, 15) is 9.59 Å². The zero-order chi connectivity index (χ0) is 26.3. The minimum atomic E-state index is -0.219. The molecule has 1 aliphatic heterocycles. The van der Waals surface area contributed by atoms with E-state index in [4.69, 9.17) is 4.98 Å². The summed E-state index contributed by atoms with van der Waals surface area (Å²) in [5.41, 5.74) is 5.53. The van der Waals surface area contributed by atoms with E-state index in [1.807, 2.05) is 42.5 Å². The fraction of sp³-hybridized carbons (Fsp3) is 0.219. The lowest BCUT2D eigenvalue weighted by Gasteiger charge is -2.31. The van der Waals surface area contributed by atoms with Crippen LogP contribution in [0.3, 0.4) is 0 Å². The number of hydrogen-bond acceptors (Lipinski definition) is 5. The number of carbonyl (C=O) groups excluding carboxylic acids is 2. The number of hydrogen-bond donors (Lipinski definition) is 2. The summed E-state index contributed by atoms with van der Waals surface area (Å²) < 4.78 is 0. The fourth-order valence-electron chi connectivity index (χ4n) is 4.80. The van der Waals surface area contributed by atoms with Crippen LogP contribution in [0.5, 0.6) is 0 Å². The molecular formula is C32H32N4O2. The molecule has 0 radical (unpaired) electrons. The first-order chi connectivity index (χ1) is 18.5. The fourth-order valence-corrected chi connectivity index (χ4v) is 4.80. The molecule has 1 amide bonds. The predicted molar refractivity (Wildman–Crippen MR) is 150 cm³/mol. The van der Waals surface area contributed by atoms with Crippen LogP contribution in [-0.4, -0.2) is 47.3 Å². The third-order valence-electron chi connectivity index (χ3n) is 6.74. The molecule has 4 aromatic rings. The smallest absolute Gasteiger partial charge is 0.251 e. The van der Waals surface area contributed by atoms with Crippen LogP contribution in [-0.2, 0) is 13.1 Å². The summed E-state index contributed by atoms with van der Waals surface area (Å²) in [6.07, 6.45) is 0. The largest absolute Gasteiger partial charge is 0.348 e. The van der Waals surface area contributed by atoms with Gasteiger partial charge in [-0.3, -0.25) is 19.5 Å². The maximum atomic E-state index is 12.9. The zero-order valence-electron chi connectivity index (χ0n) is 21.6. The van der Waals surface area contributed by atoms with Gasteiger partial charge >= 0.3 is 0 Å². The van der Waals surface area contributed by atoms with E-state index < -0.39 is 0 Å². The van der Waals surface area contributed by atoms with Gasteiger partial charge in [-0.1, -0.05) is 66.7 Å². The lowest BCUT2D eigenvalue weighted by atomic mass is 10.0. The Morgan fingerprint density at radius 3 is 2.50 bits per heavy atom. The molecule has 1 aromatic heterocycles. The lowest BCUT2D eigenvalue weighted by Crippen LogP contribution is -2.48. The summed E-state index contributed by atoms with van der Waals surface area (Å²) in [6.45, 7) is 6.46. The molecule has 6 nitrogen and oxygen atoms in total. The van der Waals surface area contributed by atoms with Gasteiger partial charge in [0.15, 0.2) is 5.78 Å². The molecule has 2 N–H and O–H groups in total. The van der Waals surface area contributed by atoms with Crippen molar-refractivity contribution in [2.45, 2.75) is 26.1 Å². The van der Waals surface area contributed by atoms with Crippen LogP contribution in [0, 0.1) is 0 Å². The Kier molecular flexibility index (Phi) is 8.02. The van der Waals surface area contributed by atoms with Gasteiger partial charge in [0, 0.05) is 61.0 Å². The topological polar surface area (TPSA) is 74.3 Å².